The highest BCUT2D eigenvalue weighted by atomic mass is 19.4. The van der Waals surface area contributed by atoms with Crippen molar-refractivity contribution in [2.75, 3.05) is 16.8 Å². The van der Waals surface area contributed by atoms with E-state index < -0.39 is 17.7 Å². The van der Waals surface area contributed by atoms with Gasteiger partial charge >= 0.3 is 6.18 Å². The van der Waals surface area contributed by atoms with Crippen molar-refractivity contribution in [3.8, 4) is 0 Å². The largest absolute Gasteiger partial charge is 0.416 e. The maximum Gasteiger partial charge on any atom is 0.416 e. The second kappa shape index (κ2) is 7.42. The summed E-state index contributed by atoms with van der Waals surface area (Å²) in [6, 6.07) is 11.8. The first-order valence-electron chi connectivity index (χ1n) is 8.65. The average Bonchev–Trinajstić information content (AvgIpc) is 3.03. The quantitative estimate of drug-likeness (QED) is 0.867. The monoisotopic (exact) mass is 376 g/mol. The van der Waals surface area contributed by atoms with Crippen molar-refractivity contribution in [1.82, 2.24) is 0 Å². The predicted molar refractivity (Wildman–Crippen MR) is 96.4 cm³/mol. The van der Waals surface area contributed by atoms with Gasteiger partial charge in [0.2, 0.25) is 11.8 Å². The van der Waals surface area contributed by atoms with Crippen LogP contribution in [0.4, 0.5) is 24.5 Å². The molecule has 1 heterocycles. The number of carbonyl (C=O) groups excluding carboxylic acids is 2. The molecule has 3 rings (SSSR count). The number of rotatable bonds is 4. The van der Waals surface area contributed by atoms with Gasteiger partial charge in [0.1, 0.15) is 0 Å². The molecule has 1 aliphatic heterocycles. The number of hydrogen-bond donors (Lipinski definition) is 1. The first kappa shape index (κ1) is 18.9. The van der Waals surface area contributed by atoms with Crippen LogP contribution in [0.1, 0.15) is 24.5 Å². The van der Waals surface area contributed by atoms with E-state index in [1.54, 1.807) is 4.90 Å². The van der Waals surface area contributed by atoms with E-state index in [1.807, 2.05) is 31.2 Å². The molecule has 1 N–H and O–H groups in total. The van der Waals surface area contributed by atoms with Gasteiger partial charge in [-0.25, -0.2) is 0 Å². The average molecular weight is 376 g/mol. The van der Waals surface area contributed by atoms with E-state index in [4.69, 9.17) is 0 Å². The molecule has 27 heavy (non-hydrogen) atoms. The number of carbonyl (C=O) groups is 2. The fraction of sp³-hybridized carbons (Fsp3) is 0.300. The van der Waals surface area contributed by atoms with Crippen LogP contribution >= 0.6 is 0 Å². The summed E-state index contributed by atoms with van der Waals surface area (Å²) < 4.78 is 37.8. The summed E-state index contributed by atoms with van der Waals surface area (Å²) in [5.74, 6) is -1.08. The summed E-state index contributed by atoms with van der Waals surface area (Å²) in [6.07, 6.45) is -3.46. The zero-order valence-corrected chi connectivity index (χ0v) is 14.7. The molecule has 0 radical (unpaired) electrons. The molecular weight excluding hydrogens is 357 g/mol. The molecule has 1 atom stereocenters. The van der Waals surface area contributed by atoms with Crippen LogP contribution in [0.5, 0.6) is 0 Å². The highest BCUT2D eigenvalue weighted by molar-refractivity contribution is 6.03. The fourth-order valence-electron chi connectivity index (χ4n) is 3.03. The molecule has 1 unspecified atom stereocenters. The van der Waals surface area contributed by atoms with Crippen molar-refractivity contribution in [1.29, 1.82) is 0 Å². The number of benzene rings is 2. The zero-order chi connectivity index (χ0) is 19.6. The van der Waals surface area contributed by atoms with Crippen molar-refractivity contribution < 1.29 is 22.8 Å². The van der Waals surface area contributed by atoms with Crippen molar-refractivity contribution in [3.63, 3.8) is 0 Å². The van der Waals surface area contributed by atoms with Gasteiger partial charge in [-0.05, 0) is 48.4 Å². The highest BCUT2D eigenvalue weighted by Crippen LogP contribution is 2.30. The number of aryl methyl sites for hydroxylation is 1. The van der Waals surface area contributed by atoms with Gasteiger partial charge in [0.05, 0.1) is 11.5 Å². The summed E-state index contributed by atoms with van der Waals surface area (Å²) in [6.45, 7) is 2.29. The van der Waals surface area contributed by atoms with E-state index >= 15 is 0 Å². The minimum atomic E-state index is -4.42. The fourth-order valence-corrected chi connectivity index (χ4v) is 3.03. The number of amides is 2. The third-order valence-corrected chi connectivity index (χ3v) is 4.63. The maximum atomic E-state index is 12.6. The Hall–Kier alpha value is -2.83. The molecule has 0 spiro atoms. The van der Waals surface area contributed by atoms with Gasteiger partial charge in [-0.1, -0.05) is 19.1 Å². The van der Waals surface area contributed by atoms with Gasteiger partial charge < -0.3 is 10.2 Å². The molecule has 4 nitrogen and oxygen atoms in total. The second-order valence-electron chi connectivity index (χ2n) is 6.49. The lowest BCUT2D eigenvalue weighted by molar-refractivity contribution is -0.137. The normalized spacial score (nSPS) is 17.3. The molecule has 7 heteroatoms. The Morgan fingerprint density at radius 2 is 1.74 bits per heavy atom. The molecule has 0 aromatic heterocycles. The van der Waals surface area contributed by atoms with Crippen LogP contribution < -0.4 is 10.2 Å². The van der Waals surface area contributed by atoms with Gasteiger partial charge in [-0.2, -0.15) is 13.2 Å². The number of anilines is 2. The molecule has 0 aliphatic carbocycles. The van der Waals surface area contributed by atoms with Crippen LogP contribution in [0.3, 0.4) is 0 Å². The second-order valence-corrected chi connectivity index (χ2v) is 6.49. The van der Waals surface area contributed by atoms with E-state index in [0.29, 0.717) is 0 Å². The first-order chi connectivity index (χ1) is 12.8. The lowest BCUT2D eigenvalue weighted by atomic mass is 10.1. The van der Waals surface area contributed by atoms with Crippen molar-refractivity contribution in [3.05, 3.63) is 59.7 Å². The SMILES string of the molecule is CCc1ccc(N2CC(C(=O)Nc3ccc(C(F)(F)F)cc3)CC2=O)cc1. The Morgan fingerprint density at radius 1 is 1.11 bits per heavy atom. The van der Waals surface area contributed by atoms with Crippen LogP contribution in [0, 0.1) is 5.92 Å². The number of alkyl halides is 3. The smallest absolute Gasteiger partial charge is 0.326 e. The Balaban J connectivity index is 1.65. The van der Waals surface area contributed by atoms with Crippen molar-refractivity contribution in [2.24, 2.45) is 5.92 Å². The third-order valence-electron chi connectivity index (χ3n) is 4.63. The molecule has 1 fully saturated rings. The van der Waals surface area contributed by atoms with Crippen molar-refractivity contribution in [2.45, 2.75) is 25.9 Å². The number of halogens is 3. The minimum absolute atomic E-state index is 0.0714. The van der Waals surface area contributed by atoms with E-state index in [-0.39, 0.29) is 30.5 Å². The predicted octanol–water partition coefficient (Wildman–Crippen LogP) is 4.26. The van der Waals surface area contributed by atoms with Gasteiger partial charge in [-0.3, -0.25) is 9.59 Å². The lowest BCUT2D eigenvalue weighted by Crippen LogP contribution is -2.28. The summed E-state index contributed by atoms with van der Waals surface area (Å²) in [5, 5.41) is 2.59. The van der Waals surface area contributed by atoms with Gasteiger partial charge in [-0.15, -0.1) is 0 Å². The van der Waals surface area contributed by atoms with Gasteiger partial charge in [0.15, 0.2) is 0 Å². The Labute approximate surface area is 155 Å². The topological polar surface area (TPSA) is 49.4 Å². The highest BCUT2D eigenvalue weighted by Gasteiger charge is 2.35. The summed E-state index contributed by atoms with van der Waals surface area (Å²) in [7, 11) is 0. The Bertz CT molecular complexity index is 830. The number of nitrogens with zero attached hydrogens (tertiary/aromatic N) is 1. The van der Waals surface area contributed by atoms with E-state index in [0.717, 1.165) is 29.8 Å². The molecule has 1 aliphatic rings. The number of nitrogens with one attached hydrogen (secondary N) is 1. The molecule has 0 bridgehead atoms. The van der Waals surface area contributed by atoms with Gasteiger partial charge in [0.25, 0.3) is 0 Å². The molecule has 1 saturated heterocycles. The summed E-state index contributed by atoms with van der Waals surface area (Å²) in [5.41, 5.74) is 1.38. The summed E-state index contributed by atoms with van der Waals surface area (Å²) >= 11 is 0. The van der Waals surface area contributed by atoms with Crippen LogP contribution in [0.25, 0.3) is 0 Å². The molecule has 2 aromatic rings. The number of hydrogen-bond acceptors (Lipinski definition) is 2. The van der Waals surface area contributed by atoms with E-state index in [2.05, 4.69) is 5.32 Å². The molecular formula is C20H19F3N2O2. The van der Waals surface area contributed by atoms with Crippen LogP contribution in [-0.2, 0) is 22.2 Å². The molecule has 2 amide bonds. The third kappa shape index (κ3) is 4.30. The molecule has 142 valence electrons. The molecule has 0 saturated carbocycles. The molecule has 2 aromatic carbocycles. The first-order valence-corrected chi connectivity index (χ1v) is 8.65. The van der Waals surface area contributed by atoms with Gasteiger partial charge in [0, 0.05) is 24.3 Å². The maximum absolute atomic E-state index is 12.6. The van der Waals surface area contributed by atoms with Crippen LogP contribution in [0.2, 0.25) is 0 Å². The Morgan fingerprint density at radius 3 is 2.30 bits per heavy atom. The van der Waals surface area contributed by atoms with E-state index in [1.165, 1.54) is 12.1 Å². The van der Waals surface area contributed by atoms with Crippen LogP contribution in [-0.4, -0.2) is 18.4 Å². The minimum Gasteiger partial charge on any atom is -0.326 e. The zero-order valence-electron chi connectivity index (χ0n) is 14.7. The van der Waals surface area contributed by atoms with E-state index in [9.17, 15) is 22.8 Å². The Kier molecular flexibility index (Phi) is 5.21. The van der Waals surface area contributed by atoms with Crippen LogP contribution in [0.15, 0.2) is 48.5 Å². The standard InChI is InChI=1S/C20H19F3N2O2/c1-2-13-3-9-17(10-4-13)25-12-14(11-18(25)26)19(27)24-16-7-5-15(6-8-16)20(21,22)23/h3-10,14H,2,11-12H2,1H3,(H,24,27). The van der Waals surface area contributed by atoms with Crippen molar-refractivity contribution >= 4 is 23.2 Å². The summed E-state index contributed by atoms with van der Waals surface area (Å²) in [4.78, 5) is 26.2. The lowest BCUT2D eigenvalue weighted by Gasteiger charge is -2.17.